The Hall–Kier alpha value is -1.31. The Labute approximate surface area is 128 Å². The Morgan fingerprint density at radius 1 is 1.10 bits per heavy atom. The van der Waals surface area contributed by atoms with Gasteiger partial charge in [-0.05, 0) is 55.9 Å². The van der Waals surface area contributed by atoms with Crippen molar-refractivity contribution in [3.63, 3.8) is 0 Å². The van der Waals surface area contributed by atoms with Gasteiger partial charge in [-0.1, -0.05) is 50.1 Å². The third kappa shape index (κ3) is 3.66. The number of hydrogen-bond acceptors (Lipinski definition) is 1. The molecule has 0 aliphatic heterocycles. The second-order valence-electron chi connectivity index (χ2n) is 7.85. The summed E-state index contributed by atoms with van der Waals surface area (Å²) in [5, 5.41) is 9.60. The standard InChI is InChI=1S/C19H28O2/c1-12-8-13(2)10-14(9-12)17-11-15(19(3,4)5)6-7-16(17)18(20)21/h8-10,15-17H,6-7,11H2,1-5H3,(H,20,21). The van der Waals surface area contributed by atoms with Crippen molar-refractivity contribution in [3.8, 4) is 0 Å². The number of aliphatic carboxylic acids is 1. The first kappa shape index (κ1) is 16.1. The highest BCUT2D eigenvalue weighted by Gasteiger charge is 2.39. The first-order valence-electron chi connectivity index (χ1n) is 7.99. The lowest BCUT2D eigenvalue weighted by Crippen LogP contribution is -2.34. The smallest absolute Gasteiger partial charge is 0.307 e. The molecule has 0 saturated heterocycles. The maximum absolute atomic E-state index is 11.7. The second-order valence-corrected chi connectivity index (χ2v) is 7.85. The lowest BCUT2D eigenvalue weighted by atomic mass is 9.64. The summed E-state index contributed by atoms with van der Waals surface area (Å²) in [7, 11) is 0. The number of rotatable bonds is 2. The Bertz CT molecular complexity index is 505. The molecule has 1 aromatic rings. The van der Waals surface area contributed by atoms with E-state index < -0.39 is 5.97 Å². The van der Waals surface area contributed by atoms with Crippen LogP contribution in [0.1, 0.15) is 62.6 Å². The van der Waals surface area contributed by atoms with Crippen LogP contribution in [0.2, 0.25) is 0 Å². The summed E-state index contributed by atoms with van der Waals surface area (Å²) >= 11 is 0. The zero-order chi connectivity index (χ0) is 15.8. The van der Waals surface area contributed by atoms with Gasteiger partial charge in [0.1, 0.15) is 0 Å². The summed E-state index contributed by atoms with van der Waals surface area (Å²) in [6, 6.07) is 6.51. The lowest BCUT2D eigenvalue weighted by molar-refractivity contribution is -0.144. The Balaban J connectivity index is 2.36. The monoisotopic (exact) mass is 288 g/mol. The van der Waals surface area contributed by atoms with E-state index in [9.17, 15) is 9.90 Å². The Morgan fingerprint density at radius 2 is 1.67 bits per heavy atom. The largest absolute Gasteiger partial charge is 0.481 e. The van der Waals surface area contributed by atoms with Crippen molar-refractivity contribution >= 4 is 5.97 Å². The van der Waals surface area contributed by atoms with Gasteiger partial charge in [0, 0.05) is 0 Å². The normalized spacial score (nSPS) is 26.6. The number of carboxylic acid groups (broad SMARTS) is 1. The minimum absolute atomic E-state index is 0.152. The molecule has 1 saturated carbocycles. The predicted octanol–water partition coefficient (Wildman–Crippen LogP) is 4.93. The van der Waals surface area contributed by atoms with Crippen molar-refractivity contribution < 1.29 is 9.90 Å². The zero-order valence-electron chi connectivity index (χ0n) is 13.9. The van der Waals surface area contributed by atoms with Gasteiger partial charge in [-0.15, -0.1) is 0 Å². The third-order valence-corrected chi connectivity index (χ3v) is 5.06. The van der Waals surface area contributed by atoms with Crippen LogP contribution in [0.15, 0.2) is 18.2 Å². The van der Waals surface area contributed by atoms with Gasteiger partial charge in [0.25, 0.3) is 0 Å². The van der Waals surface area contributed by atoms with E-state index in [1.54, 1.807) is 0 Å². The summed E-state index contributed by atoms with van der Waals surface area (Å²) in [4.78, 5) is 11.7. The fourth-order valence-electron chi connectivity index (χ4n) is 3.85. The second kappa shape index (κ2) is 5.82. The predicted molar refractivity (Wildman–Crippen MR) is 86.6 cm³/mol. The van der Waals surface area contributed by atoms with Crippen LogP contribution in [-0.4, -0.2) is 11.1 Å². The summed E-state index contributed by atoms with van der Waals surface area (Å²) in [6.45, 7) is 11.0. The quantitative estimate of drug-likeness (QED) is 0.837. The minimum Gasteiger partial charge on any atom is -0.481 e. The van der Waals surface area contributed by atoms with Gasteiger partial charge in [-0.25, -0.2) is 0 Å². The van der Waals surface area contributed by atoms with Gasteiger partial charge in [0.05, 0.1) is 5.92 Å². The third-order valence-electron chi connectivity index (χ3n) is 5.06. The molecule has 0 spiro atoms. The van der Waals surface area contributed by atoms with E-state index >= 15 is 0 Å². The molecular weight excluding hydrogens is 260 g/mol. The first-order valence-corrected chi connectivity index (χ1v) is 7.99. The zero-order valence-corrected chi connectivity index (χ0v) is 13.9. The van der Waals surface area contributed by atoms with Gasteiger partial charge >= 0.3 is 5.97 Å². The first-order chi connectivity index (χ1) is 9.68. The molecular formula is C19H28O2. The molecule has 2 rings (SSSR count). The maximum Gasteiger partial charge on any atom is 0.307 e. The molecule has 3 unspecified atom stereocenters. The van der Waals surface area contributed by atoms with Crippen LogP contribution >= 0.6 is 0 Å². The van der Waals surface area contributed by atoms with Crippen molar-refractivity contribution in [3.05, 3.63) is 34.9 Å². The minimum atomic E-state index is -0.633. The van der Waals surface area contributed by atoms with Gasteiger partial charge < -0.3 is 5.11 Å². The van der Waals surface area contributed by atoms with Crippen LogP contribution in [0.4, 0.5) is 0 Å². The fraction of sp³-hybridized carbons (Fsp3) is 0.632. The van der Waals surface area contributed by atoms with Gasteiger partial charge in [0.2, 0.25) is 0 Å². The molecule has 0 aromatic heterocycles. The molecule has 2 heteroatoms. The number of aryl methyl sites for hydroxylation is 2. The highest BCUT2D eigenvalue weighted by Crippen LogP contribution is 2.47. The van der Waals surface area contributed by atoms with Crippen LogP contribution < -0.4 is 0 Å². The van der Waals surface area contributed by atoms with E-state index in [2.05, 4.69) is 52.8 Å². The maximum atomic E-state index is 11.7. The molecule has 21 heavy (non-hydrogen) atoms. The van der Waals surface area contributed by atoms with Crippen molar-refractivity contribution in [1.29, 1.82) is 0 Å². The van der Waals surface area contributed by atoms with Crippen molar-refractivity contribution in [1.82, 2.24) is 0 Å². The van der Waals surface area contributed by atoms with Crippen molar-refractivity contribution in [2.75, 3.05) is 0 Å². The van der Waals surface area contributed by atoms with E-state index in [1.807, 2.05) is 0 Å². The SMILES string of the molecule is Cc1cc(C)cc(C2CC(C(C)(C)C)CCC2C(=O)O)c1. The summed E-state index contributed by atoms with van der Waals surface area (Å²) in [5.41, 5.74) is 3.92. The Kier molecular flexibility index (Phi) is 4.46. The summed E-state index contributed by atoms with van der Waals surface area (Å²) in [5.74, 6) is -0.116. The van der Waals surface area contributed by atoms with Crippen LogP contribution in [0, 0.1) is 31.1 Å². The Morgan fingerprint density at radius 3 is 2.14 bits per heavy atom. The molecule has 1 aliphatic carbocycles. The van der Waals surface area contributed by atoms with Gasteiger partial charge in [-0.3, -0.25) is 4.79 Å². The van der Waals surface area contributed by atoms with Crippen LogP contribution in [0.5, 0.6) is 0 Å². The van der Waals surface area contributed by atoms with E-state index in [0.717, 1.165) is 19.3 Å². The molecule has 1 aromatic carbocycles. The molecule has 0 bridgehead atoms. The van der Waals surface area contributed by atoms with Crippen LogP contribution in [-0.2, 0) is 4.79 Å². The molecule has 116 valence electrons. The molecule has 1 N–H and O–H groups in total. The summed E-state index contributed by atoms with van der Waals surface area (Å²) in [6.07, 6.45) is 2.82. The average Bonchev–Trinajstić information content (AvgIpc) is 2.35. The molecule has 3 atom stereocenters. The molecule has 1 fully saturated rings. The number of carboxylic acids is 1. The van der Waals surface area contributed by atoms with Gasteiger partial charge in [-0.2, -0.15) is 0 Å². The van der Waals surface area contributed by atoms with E-state index in [-0.39, 0.29) is 17.3 Å². The van der Waals surface area contributed by atoms with E-state index in [4.69, 9.17) is 0 Å². The van der Waals surface area contributed by atoms with Crippen LogP contribution in [0.25, 0.3) is 0 Å². The van der Waals surface area contributed by atoms with E-state index in [0.29, 0.717) is 5.92 Å². The lowest BCUT2D eigenvalue weighted by Gasteiger charge is -2.41. The molecule has 0 amide bonds. The van der Waals surface area contributed by atoms with Crippen molar-refractivity contribution in [2.45, 2.75) is 59.8 Å². The fourth-order valence-corrected chi connectivity index (χ4v) is 3.85. The van der Waals surface area contributed by atoms with Gasteiger partial charge in [0.15, 0.2) is 0 Å². The summed E-state index contributed by atoms with van der Waals surface area (Å²) < 4.78 is 0. The number of carbonyl (C=O) groups is 1. The highest BCUT2D eigenvalue weighted by molar-refractivity contribution is 5.71. The molecule has 2 nitrogen and oxygen atoms in total. The molecule has 0 heterocycles. The molecule has 1 aliphatic rings. The topological polar surface area (TPSA) is 37.3 Å². The number of hydrogen-bond donors (Lipinski definition) is 1. The highest BCUT2D eigenvalue weighted by atomic mass is 16.4. The van der Waals surface area contributed by atoms with Crippen LogP contribution in [0.3, 0.4) is 0 Å². The van der Waals surface area contributed by atoms with E-state index in [1.165, 1.54) is 16.7 Å². The average molecular weight is 288 g/mol. The number of benzene rings is 1. The molecule has 0 radical (unpaired) electrons. The van der Waals surface area contributed by atoms with Crippen molar-refractivity contribution in [2.24, 2.45) is 17.3 Å².